The third kappa shape index (κ3) is 4.33. The number of carbonyl (C=O) groups is 1. The summed E-state index contributed by atoms with van der Waals surface area (Å²) in [5, 5.41) is 5.20. The summed E-state index contributed by atoms with van der Waals surface area (Å²) in [7, 11) is 1.56. The second kappa shape index (κ2) is 9.05. The number of benzene rings is 1. The van der Waals surface area contributed by atoms with Crippen molar-refractivity contribution in [2.45, 2.75) is 24.9 Å². The Balaban J connectivity index is 1.98. The predicted molar refractivity (Wildman–Crippen MR) is 110 cm³/mol. The molecule has 0 bridgehead atoms. The molecule has 0 saturated carbocycles. The molecule has 0 aliphatic carbocycles. The molecule has 1 amide bonds. The minimum atomic E-state index is -0.159. The van der Waals surface area contributed by atoms with Crippen molar-refractivity contribution in [2.75, 3.05) is 19.4 Å². The van der Waals surface area contributed by atoms with Crippen molar-refractivity contribution in [3.05, 3.63) is 46.1 Å². The van der Waals surface area contributed by atoms with E-state index in [0.717, 1.165) is 12.8 Å². The molecule has 2 aromatic heterocycles. The number of amides is 1. The first-order chi connectivity index (χ1) is 13.2. The maximum atomic E-state index is 13.1. The molecule has 0 spiro atoms. The molecule has 1 aromatic carbocycles. The van der Waals surface area contributed by atoms with Gasteiger partial charge in [0.25, 0.3) is 5.56 Å². The molecule has 3 aromatic rings. The van der Waals surface area contributed by atoms with Gasteiger partial charge in [-0.2, -0.15) is 0 Å². The Kier molecular flexibility index (Phi) is 6.52. The summed E-state index contributed by atoms with van der Waals surface area (Å²) in [6.07, 6.45) is 1.97. The molecule has 0 radical (unpaired) electrons. The van der Waals surface area contributed by atoms with Gasteiger partial charge in [-0.05, 0) is 30.0 Å². The van der Waals surface area contributed by atoms with Crippen LogP contribution >= 0.6 is 23.1 Å². The summed E-state index contributed by atoms with van der Waals surface area (Å²) in [5.74, 6) is 0.701. The van der Waals surface area contributed by atoms with Gasteiger partial charge in [-0.3, -0.25) is 14.2 Å². The summed E-state index contributed by atoms with van der Waals surface area (Å²) in [6, 6.07) is 9.12. The number of carbonyl (C=O) groups excluding carboxylic acids is 1. The number of nitrogens with one attached hydrogen (secondary N) is 1. The van der Waals surface area contributed by atoms with E-state index in [1.54, 1.807) is 13.2 Å². The van der Waals surface area contributed by atoms with E-state index in [9.17, 15) is 9.59 Å². The van der Waals surface area contributed by atoms with E-state index >= 15 is 0 Å². The van der Waals surface area contributed by atoms with Crippen LogP contribution in [0.25, 0.3) is 15.9 Å². The number of ether oxygens (including phenoxy) is 1. The fourth-order valence-electron chi connectivity index (χ4n) is 2.60. The third-order valence-corrected chi connectivity index (χ3v) is 5.79. The van der Waals surface area contributed by atoms with E-state index in [2.05, 4.69) is 17.2 Å². The standard InChI is InChI=1S/C19H21N3O3S2/c1-3-4-10-20-16(23)12-27-19-21-13-9-11-26-17(13)18(24)22(19)14-7-5-6-8-15(14)25-2/h5-9,11H,3-4,10,12H2,1-2H3,(H,20,23). The number of unbranched alkanes of at least 4 members (excludes halogenated alkanes) is 1. The van der Waals surface area contributed by atoms with Gasteiger partial charge in [0.1, 0.15) is 10.4 Å². The number of thioether (sulfide) groups is 1. The highest BCUT2D eigenvalue weighted by Gasteiger charge is 2.17. The summed E-state index contributed by atoms with van der Waals surface area (Å²) >= 11 is 2.61. The molecule has 142 valence electrons. The van der Waals surface area contributed by atoms with E-state index in [1.165, 1.54) is 27.7 Å². The van der Waals surface area contributed by atoms with Crippen molar-refractivity contribution in [1.29, 1.82) is 0 Å². The van der Waals surface area contributed by atoms with Gasteiger partial charge >= 0.3 is 0 Å². The van der Waals surface area contributed by atoms with Crippen LogP contribution in [0.3, 0.4) is 0 Å². The zero-order valence-corrected chi connectivity index (χ0v) is 16.9. The molecule has 0 unspecified atom stereocenters. The van der Waals surface area contributed by atoms with Crippen LogP contribution in [0.1, 0.15) is 19.8 Å². The average molecular weight is 404 g/mol. The number of para-hydroxylation sites is 2. The number of hydrogen-bond acceptors (Lipinski definition) is 6. The van der Waals surface area contributed by atoms with Crippen LogP contribution in [-0.2, 0) is 4.79 Å². The van der Waals surface area contributed by atoms with Crippen molar-refractivity contribution in [2.24, 2.45) is 0 Å². The first-order valence-electron chi connectivity index (χ1n) is 8.68. The largest absolute Gasteiger partial charge is 0.495 e. The fraction of sp³-hybridized carbons (Fsp3) is 0.316. The monoisotopic (exact) mass is 403 g/mol. The van der Waals surface area contributed by atoms with E-state index in [-0.39, 0.29) is 17.2 Å². The average Bonchev–Trinajstić information content (AvgIpc) is 3.15. The SMILES string of the molecule is CCCCNC(=O)CSc1nc2ccsc2c(=O)n1-c1ccccc1OC. The van der Waals surface area contributed by atoms with Gasteiger partial charge in [0.05, 0.1) is 24.1 Å². The highest BCUT2D eigenvalue weighted by atomic mass is 32.2. The topological polar surface area (TPSA) is 73.2 Å². The fourth-order valence-corrected chi connectivity index (χ4v) is 4.20. The Morgan fingerprint density at radius 3 is 2.93 bits per heavy atom. The van der Waals surface area contributed by atoms with Crippen molar-refractivity contribution in [3.63, 3.8) is 0 Å². The zero-order chi connectivity index (χ0) is 19.2. The molecule has 8 heteroatoms. The number of thiophene rings is 1. The lowest BCUT2D eigenvalue weighted by molar-refractivity contribution is -0.118. The molecule has 0 aliphatic rings. The number of rotatable bonds is 8. The summed E-state index contributed by atoms with van der Waals surface area (Å²) in [4.78, 5) is 29.8. The van der Waals surface area contributed by atoms with Crippen molar-refractivity contribution in [3.8, 4) is 11.4 Å². The van der Waals surface area contributed by atoms with Gasteiger partial charge in [-0.1, -0.05) is 37.2 Å². The molecule has 0 atom stereocenters. The molecule has 0 saturated heterocycles. The van der Waals surface area contributed by atoms with Crippen LogP contribution in [0.15, 0.2) is 45.7 Å². The number of fused-ring (bicyclic) bond motifs is 1. The minimum absolute atomic E-state index is 0.0697. The van der Waals surface area contributed by atoms with Crippen molar-refractivity contribution < 1.29 is 9.53 Å². The van der Waals surface area contributed by atoms with Crippen LogP contribution < -0.4 is 15.6 Å². The Labute approximate surface area is 165 Å². The lowest BCUT2D eigenvalue weighted by Gasteiger charge is -2.14. The van der Waals surface area contributed by atoms with Crippen LogP contribution in [0.5, 0.6) is 5.75 Å². The van der Waals surface area contributed by atoms with E-state index in [1.807, 2.05) is 29.6 Å². The number of nitrogens with zero attached hydrogens (tertiary/aromatic N) is 2. The third-order valence-electron chi connectivity index (χ3n) is 3.96. The predicted octanol–water partition coefficient (Wildman–Crippen LogP) is 3.46. The van der Waals surface area contributed by atoms with Gasteiger partial charge in [0.15, 0.2) is 5.16 Å². The smallest absolute Gasteiger partial charge is 0.276 e. The molecule has 1 N–H and O–H groups in total. The molecular weight excluding hydrogens is 382 g/mol. The lowest BCUT2D eigenvalue weighted by atomic mass is 10.3. The van der Waals surface area contributed by atoms with Gasteiger partial charge in [-0.15, -0.1) is 11.3 Å². The second-order valence-corrected chi connectivity index (χ2v) is 7.69. The highest BCUT2D eigenvalue weighted by Crippen LogP contribution is 2.28. The molecule has 0 fully saturated rings. The summed E-state index contributed by atoms with van der Waals surface area (Å²) in [5.41, 5.74) is 1.10. The van der Waals surface area contributed by atoms with Crippen molar-refractivity contribution in [1.82, 2.24) is 14.9 Å². The Hall–Kier alpha value is -2.32. The van der Waals surface area contributed by atoms with E-state index in [0.29, 0.717) is 33.4 Å². The minimum Gasteiger partial charge on any atom is -0.495 e. The quantitative estimate of drug-likeness (QED) is 0.354. The number of hydrogen-bond donors (Lipinski definition) is 1. The Morgan fingerprint density at radius 1 is 1.33 bits per heavy atom. The lowest BCUT2D eigenvalue weighted by Crippen LogP contribution is -2.27. The van der Waals surface area contributed by atoms with Crippen LogP contribution in [0, 0.1) is 0 Å². The maximum absolute atomic E-state index is 13.1. The molecule has 3 rings (SSSR count). The number of aromatic nitrogens is 2. The first-order valence-corrected chi connectivity index (χ1v) is 10.6. The van der Waals surface area contributed by atoms with E-state index < -0.39 is 0 Å². The normalized spacial score (nSPS) is 10.9. The van der Waals surface area contributed by atoms with Gasteiger partial charge in [0, 0.05) is 6.54 Å². The Morgan fingerprint density at radius 2 is 2.15 bits per heavy atom. The van der Waals surface area contributed by atoms with Gasteiger partial charge in [0.2, 0.25) is 5.91 Å². The van der Waals surface area contributed by atoms with Crippen LogP contribution in [0.2, 0.25) is 0 Å². The van der Waals surface area contributed by atoms with Crippen LogP contribution in [-0.4, -0.2) is 34.9 Å². The van der Waals surface area contributed by atoms with Gasteiger partial charge < -0.3 is 10.1 Å². The number of methoxy groups -OCH3 is 1. The first kappa shape index (κ1) is 19.4. The molecule has 2 heterocycles. The van der Waals surface area contributed by atoms with Gasteiger partial charge in [-0.25, -0.2) is 4.98 Å². The molecule has 0 aliphatic heterocycles. The van der Waals surface area contributed by atoms with E-state index in [4.69, 9.17) is 4.74 Å². The van der Waals surface area contributed by atoms with Crippen LogP contribution in [0.4, 0.5) is 0 Å². The summed E-state index contributed by atoms with van der Waals surface area (Å²) < 4.78 is 7.53. The molecule has 27 heavy (non-hydrogen) atoms. The van der Waals surface area contributed by atoms with Crippen molar-refractivity contribution >= 4 is 39.2 Å². The summed E-state index contributed by atoms with van der Waals surface area (Å²) in [6.45, 7) is 2.74. The second-order valence-electron chi connectivity index (χ2n) is 5.83. The zero-order valence-electron chi connectivity index (χ0n) is 15.2. The molecular formula is C19H21N3O3S2. The maximum Gasteiger partial charge on any atom is 0.276 e. The molecule has 6 nitrogen and oxygen atoms in total. The highest BCUT2D eigenvalue weighted by molar-refractivity contribution is 7.99. The Bertz CT molecular complexity index is 997.